The zero-order valence-electron chi connectivity index (χ0n) is 17.8. The molecule has 152 valence electrons. The summed E-state index contributed by atoms with van der Waals surface area (Å²) in [6.45, 7) is 13.5. The van der Waals surface area contributed by atoms with Crippen LogP contribution in [0.4, 0.5) is 4.79 Å². The molecule has 1 aromatic heterocycles. The van der Waals surface area contributed by atoms with E-state index in [2.05, 4.69) is 43.0 Å². The van der Waals surface area contributed by atoms with E-state index in [1.807, 2.05) is 32.9 Å². The summed E-state index contributed by atoms with van der Waals surface area (Å²) in [5.74, 6) is 1.44. The lowest BCUT2D eigenvalue weighted by molar-refractivity contribution is 0.0198. The van der Waals surface area contributed by atoms with Gasteiger partial charge in [-0.05, 0) is 44.6 Å². The number of hydrogen-bond acceptors (Lipinski definition) is 5. The maximum absolute atomic E-state index is 12.2. The summed E-state index contributed by atoms with van der Waals surface area (Å²) >= 11 is 0. The maximum atomic E-state index is 12.2. The van der Waals surface area contributed by atoms with Crippen LogP contribution in [-0.4, -0.2) is 39.8 Å². The number of nitrogens with zero attached hydrogens (tertiary/aromatic N) is 3. The third kappa shape index (κ3) is 4.91. The normalized spacial score (nSPS) is 16.3. The van der Waals surface area contributed by atoms with Crippen molar-refractivity contribution < 1.29 is 14.1 Å². The van der Waals surface area contributed by atoms with E-state index in [-0.39, 0.29) is 17.4 Å². The van der Waals surface area contributed by atoms with Crippen LogP contribution in [0.1, 0.15) is 71.8 Å². The van der Waals surface area contributed by atoms with Crippen LogP contribution in [-0.2, 0) is 10.2 Å². The van der Waals surface area contributed by atoms with Gasteiger partial charge in [0.05, 0.1) is 0 Å². The lowest BCUT2D eigenvalue weighted by Gasteiger charge is -2.32. The molecule has 0 atom stereocenters. The molecule has 0 bridgehead atoms. The Labute approximate surface area is 167 Å². The zero-order chi connectivity index (χ0) is 20.5. The fourth-order valence-corrected chi connectivity index (χ4v) is 3.27. The van der Waals surface area contributed by atoms with Crippen LogP contribution in [0, 0.1) is 0 Å². The van der Waals surface area contributed by atoms with Gasteiger partial charge < -0.3 is 14.2 Å². The van der Waals surface area contributed by atoms with Crippen LogP contribution in [0.15, 0.2) is 28.8 Å². The number of likely N-dealkylation sites (tertiary alicyclic amines) is 1. The molecule has 28 heavy (non-hydrogen) atoms. The van der Waals surface area contributed by atoms with E-state index in [1.54, 1.807) is 4.90 Å². The second-order valence-corrected chi connectivity index (χ2v) is 9.53. The van der Waals surface area contributed by atoms with Crippen molar-refractivity contribution in [2.45, 2.75) is 71.3 Å². The van der Waals surface area contributed by atoms with Gasteiger partial charge in [-0.1, -0.05) is 50.2 Å². The van der Waals surface area contributed by atoms with Gasteiger partial charge in [-0.25, -0.2) is 4.79 Å². The summed E-state index contributed by atoms with van der Waals surface area (Å²) in [5.41, 5.74) is 1.87. The molecule has 6 heteroatoms. The molecule has 0 radical (unpaired) electrons. The second kappa shape index (κ2) is 7.57. The highest BCUT2D eigenvalue weighted by atomic mass is 16.6. The standard InChI is InChI=1S/C22H31N3O3/c1-21(2,3)17-9-7-15(8-10-17)18-23-19(28-24-18)16-11-13-25(14-12-16)20(26)27-22(4,5)6/h7-10,16H,11-14H2,1-6H3. The predicted molar refractivity (Wildman–Crippen MR) is 108 cm³/mol. The van der Waals surface area contributed by atoms with Gasteiger partial charge in [-0.3, -0.25) is 0 Å². The number of ether oxygens (including phenoxy) is 1. The van der Waals surface area contributed by atoms with Gasteiger partial charge in [0.25, 0.3) is 0 Å². The van der Waals surface area contributed by atoms with Crippen molar-refractivity contribution in [1.82, 2.24) is 15.0 Å². The van der Waals surface area contributed by atoms with Crippen molar-refractivity contribution in [3.8, 4) is 11.4 Å². The largest absolute Gasteiger partial charge is 0.444 e. The number of carbonyl (C=O) groups excluding carboxylic acids is 1. The van der Waals surface area contributed by atoms with E-state index in [9.17, 15) is 4.79 Å². The van der Waals surface area contributed by atoms with Crippen LogP contribution in [0.2, 0.25) is 0 Å². The SMILES string of the molecule is CC(C)(C)OC(=O)N1CCC(c2nc(-c3ccc(C(C)(C)C)cc3)no2)CC1. The Hall–Kier alpha value is -2.37. The minimum Gasteiger partial charge on any atom is -0.444 e. The lowest BCUT2D eigenvalue weighted by Crippen LogP contribution is -2.41. The molecule has 1 aliphatic rings. The van der Waals surface area contributed by atoms with Crippen molar-refractivity contribution in [2.24, 2.45) is 0 Å². The summed E-state index contributed by atoms with van der Waals surface area (Å²) in [6, 6.07) is 8.32. The summed E-state index contributed by atoms with van der Waals surface area (Å²) in [5, 5.41) is 4.16. The Morgan fingerprint density at radius 1 is 1.07 bits per heavy atom. The Morgan fingerprint density at radius 2 is 1.68 bits per heavy atom. The Bertz CT molecular complexity index is 805. The number of piperidine rings is 1. The van der Waals surface area contributed by atoms with Crippen molar-refractivity contribution >= 4 is 6.09 Å². The number of hydrogen-bond donors (Lipinski definition) is 0. The molecular formula is C22H31N3O3. The van der Waals surface area contributed by atoms with E-state index in [1.165, 1.54) is 5.56 Å². The number of aromatic nitrogens is 2. The fourth-order valence-electron chi connectivity index (χ4n) is 3.27. The molecule has 1 aliphatic heterocycles. The van der Waals surface area contributed by atoms with Gasteiger partial charge in [0.1, 0.15) is 5.60 Å². The molecule has 6 nitrogen and oxygen atoms in total. The Balaban J connectivity index is 1.62. The summed E-state index contributed by atoms with van der Waals surface area (Å²) in [6.07, 6.45) is 1.34. The topological polar surface area (TPSA) is 68.5 Å². The number of amides is 1. The number of benzene rings is 1. The quantitative estimate of drug-likeness (QED) is 0.715. The maximum Gasteiger partial charge on any atom is 0.410 e. The minimum atomic E-state index is -0.474. The molecule has 0 N–H and O–H groups in total. The highest BCUT2D eigenvalue weighted by molar-refractivity contribution is 5.68. The molecule has 3 rings (SSSR count). The molecule has 1 saturated heterocycles. The molecular weight excluding hydrogens is 354 g/mol. The molecule has 2 heterocycles. The lowest BCUT2D eigenvalue weighted by atomic mass is 9.87. The van der Waals surface area contributed by atoms with Crippen molar-refractivity contribution in [3.63, 3.8) is 0 Å². The summed E-state index contributed by atoms with van der Waals surface area (Å²) in [7, 11) is 0. The third-order valence-corrected chi connectivity index (χ3v) is 4.95. The average Bonchev–Trinajstić information content (AvgIpc) is 3.10. The van der Waals surface area contributed by atoms with Crippen molar-refractivity contribution in [2.75, 3.05) is 13.1 Å². The van der Waals surface area contributed by atoms with Crippen molar-refractivity contribution in [1.29, 1.82) is 0 Å². The summed E-state index contributed by atoms with van der Waals surface area (Å²) < 4.78 is 11.0. The first kappa shape index (κ1) is 20.4. The molecule has 0 saturated carbocycles. The van der Waals surface area contributed by atoms with E-state index >= 15 is 0 Å². The minimum absolute atomic E-state index is 0.114. The van der Waals surface area contributed by atoms with Crippen LogP contribution < -0.4 is 0 Å². The van der Waals surface area contributed by atoms with Gasteiger partial charge in [0.15, 0.2) is 0 Å². The summed E-state index contributed by atoms with van der Waals surface area (Å²) in [4.78, 5) is 18.6. The van der Waals surface area contributed by atoms with Gasteiger partial charge in [0.2, 0.25) is 11.7 Å². The van der Waals surface area contributed by atoms with E-state index in [4.69, 9.17) is 9.26 Å². The molecule has 2 aromatic rings. The van der Waals surface area contributed by atoms with Gasteiger partial charge in [-0.15, -0.1) is 0 Å². The fraction of sp³-hybridized carbons (Fsp3) is 0.591. The van der Waals surface area contributed by atoms with Crippen molar-refractivity contribution in [3.05, 3.63) is 35.7 Å². The van der Waals surface area contributed by atoms with Crippen LogP contribution in [0.3, 0.4) is 0 Å². The van der Waals surface area contributed by atoms with Gasteiger partial charge in [0, 0.05) is 24.6 Å². The molecule has 0 unspecified atom stereocenters. The van der Waals surface area contributed by atoms with E-state index in [0.717, 1.165) is 18.4 Å². The molecule has 0 spiro atoms. The Morgan fingerprint density at radius 3 is 2.21 bits per heavy atom. The number of rotatable bonds is 2. The Kier molecular flexibility index (Phi) is 5.50. The average molecular weight is 386 g/mol. The third-order valence-electron chi connectivity index (χ3n) is 4.95. The first-order chi connectivity index (χ1) is 13.0. The smallest absolute Gasteiger partial charge is 0.410 e. The van der Waals surface area contributed by atoms with Crippen LogP contribution >= 0.6 is 0 Å². The van der Waals surface area contributed by atoms with Crippen LogP contribution in [0.25, 0.3) is 11.4 Å². The highest BCUT2D eigenvalue weighted by Gasteiger charge is 2.30. The molecule has 1 aromatic carbocycles. The van der Waals surface area contributed by atoms with Gasteiger partial charge >= 0.3 is 6.09 Å². The first-order valence-electron chi connectivity index (χ1n) is 9.95. The molecule has 0 aliphatic carbocycles. The van der Waals surface area contributed by atoms with E-state index in [0.29, 0.717) is 24.8 Å². The van der Waals surface area contributed by atoms with Crippen LogP contribution in [0.5, 0.6) is 0 Å². The zero-order valence-corrected chi connectivity index (χ0v) is 17.8. The monoisotopic (exact) mass is 385 g/mol. The second-order valence-electron chi connectivity index (χ2n) is 9.53. The highest BCUT2D eigenvalue weighted by Crippen LogP contribution is 2.30. The number of carbonyl (C=O) groups is 1. The predicted octanol–water partition coefficient (Wildman–Crippen LogP) is 5.15. The first-order valence-corrected chi connectivity index (χ1v) is 9.95. The van der Waals surface area contributed by atoms with Gasteiger partial charge in [-0.2, -0.15) is 4.98 Å². The molecule has 1 fully saturated rings. The molecule has 1 amide bonds. The van der Waals surface area contributed by atoms with E-state index < -0.39 is 5.60 Å².